The number of nitrogens with one attached hydrogen (secondary N) is 3. The van der Waals surface area contributed by atoms with E-state index in [4.69, 9.17) is 0 Å². The van der Waals surface area contributed by atoms with E-state index in [2.05, 4.69) is 20.2 Å². The Hall–Kier alpha value is -0.920. The Morgan fingerprint density at radius 3 is 2.20 bits per heavy atom. The molecule has 20 heavy (non-hydrogen) atoms. The van der Waals surface area contributed by atoms with Crippen LogP contribution in [0.2, 0.25) is 0 Å². The first-order valence-corrected chi connectivity index (χ1v) is 8.56. The zero-order valence-electron chi connectivity index (χ0n) is 13.0. The highest BCUT2D eigenvalue weighted by atomic mass is 32.2. The third kappa shape index (κ3) is 3.39. The van der Waals surface area contributed by atoms with E-state index in [1.54, 1.807) is 14.0 Å². The summed E-state index contributed by atoms with van der Waals surface area (Å²) in [4.78, 5) is 0.270. The second kappa shape index (κ2) is 6.69. The smallest absolute Gasteiger partial charge is 0.244 e. The van der Waals surface area contributed by atoms with Crippen molar-refractivity contribution >= 4 is 10.0 Å². The summed E-state index contributed by atoms with van der Waals surface area (Å²) < 4.78 is 28.3. The summed E-state index contributed by atoms with van der Waals surface area (Å²) >= 11 is 0. The van der Waals surface area contributed by atoms with Gasteiger partial charge in [0.25, 0.3) is 0 Å². The Kier molecular flexibility index (Phi) is 5.73. The van der Waals surface area contributed by atoms with E-state index in [0.717, 1.165) is 19.3 Å². The van der Waals surface area contributed by atoms with E-state index >= 15 is 0 Å². The van der Waals surface area contributed by atoms with Crippen molar-refractivity contribution in [3.63, 3.8) is 0 Å². The minimum absolute atomic E-state index is 0.270. The fourth-order valence-corrected chi connectivity index (χ4v) is 4.40. The predicted octanol–water partition coefficient (Wildman–Crippen LogP) is 1.68. The number of aromatic nitrogens is 2. The molecule has 116 valence electrons. The number of aryl methyl sites for hydroxylation is 1. The summed E-state index contributed by atoms with van der Waals surface area (Å²) in [5.41, 5.74) is 0.703. The fourth-order valence-electron chi connectivity index (χ4n) is 2.42. The van der Waals surface area contributed by atoms with Crippen LogP contribution in [-0.2, 0) is 16.6 Å². The first-order valence-electron chi connectivity index (χ1n) is 7.08. The van der Waals surface area contributed by atoms with Crippen molar-refractivity contribution in [3.05, 3.63) is 11.4 Å². The number of hydrogen-bond acceptors (Lipinski definition) is 4. The van der Waals surface area contributed by atoms with Gasteiger partial charge in [-0.3, -0.25) is 5.10 Å². The summed E-state index contributed by atoms with van der Waals surface area (Å²) in [7, 11) is -1.81. The van der Waals surface area contributed by atoms with Gasteiger partial charge in [0.05, 0.1) is 11.4 Å². The molecule has 0 atom stereocenters. The van der Waals surface area contributed by atoms with Gasteiger partial charge in [-0.1, -0.05) is 20.8 Å². The summed E-state index contributed by atoms with van der Waals surface area (Å²) in [6.45, 7) is 8.16. The minimum atomic E-state index is -3.58. The van der Waals surface area contributed by atoms with Crippen LogP contribution in [0.15, 0.2) is 4.90 Å². The van der Waals surface area contributed by atoms with E-state index in [-0.39, 0.29) is 10.4 Å². The van der Waals surface area contributed by atoms with Crippen molar-refractivity contribution in [2.24, 2.45) is 0 Å². The molecule has 0 spiro atoms. The lowest BCUT2D eigenvalue weighted by atomic mass is 9.91. The first-order chi connectivity index (χ1) is 9.35. The van der Waals surface area contributed by atoms with Crippen LogP contribution >= 0.6 is 0 Å². The third-order valence-corrected chi connectivity index (χ3v) is 5.74. The summed E-state index contributed by atoms with van der Waals surface area (Å²) in [5.74, 6) is 0. The van der Waals surface area contributed by atoms with E-state index in [9.17, 15) is 8.42 Å². The molecule has 0 radical (unpaired) electrons. The van der Waals surface area contributed by atoms with Gasteiger partial charge in [-0.05, 0) is 33.2 Å². The van der Waals surface area contributed by atoms with Crippen LogP contribution < -0.4 is 10.0 Å². The highest BCUT2D eigenvalue weighted by Crippen LogP contribution is 2.25. The average molecular weight is 302 g/mol. The Morgan fingerprint density at radius 1 is 1.20 bits per heavy atom. The van der Waals surface area contributed by atoms with Crippen LogP contribution in [0.4, 0.5) is 0 Å². The lowest BCUT2D eigenvalue weighted by molar-refractivity contribution is 0.341. The molecular weight excluding hydrogens is 276 g/mol. The van der Waals surface area contributed by atoms with E-state index in [1.165, 1.54) is 0 Å². The monoisotopic (exact) mass is 302 g/mol. The molecule has 7 heteroatoms. The molecule has 1 aromatic heterocycles. The van der Waals surface area contributed by atoms with Crippen molar-refractivity contribution in [2.75, 3.05) is 7.05 Å². The number of aromatic amines is 1. The Balaban J connectivity index is 3.20. The lowest BCUT2D eigenvalue weighted by Crippen LogP contribution is -2.47. The molecule has 0 aliphatic carbocycles. The summed E-state index contributed by atoms with van der Waals surface area (Å²) in [6.07, 6.45) is 2.28. The van der Waals surface area contributed by atoms with Gasteiger partial charge in [-0.25, -0.2) is 13.1 Å². The molecule has 0 saturated heterocycles. The zero-order valence-corrected chi connectivity index (χ0v) is 13.8. The predicted molar refractivity (Wildman–Crippen MR) is 80.0 cm³/mol. The second-order valence-electron chi connectivity index (χ2n) is 5.10. The number of sulfonamides is 1. The molecular formula is C13H26N4O2S. The van der Waals surface area contributed by atoms with Crippen LogP contribution in [0.25, 0.3) is 0 Å². The van der Waals surface area contributed by atoms with Crippen molar-refractivity contribution in [3.8, 4) is 0 Å². The molecule has 0 aliphatic heterocycles. The molecule has 0 aromatic carbocycles. The maximum Gasteiger partial charge on any atom is 0.244 e. The normalized spacial score (nSPS) is 12.8. The number of nitrogens with zero attached hydrogens (tertiary/aromatic N) is 1. The van der Waals surface area contributed by atoms with E-state index in [1.807, 2.05) is 20.8 Å². The van der Waals surface area contributed by atoms with Crippen LogP contribution in [0.1, 0.15) is 51.4 Å². The average Bonchev–Trinajstić information content (AvgIpc) is 2.78. The molecule has 0 bridgehead atoms. The number of hydrogen-bond donors (Lipinski definition) is 3. The first kappa shape index (κ1) is 17.1. The summed E-state index contributed by atoms with van der Waals surface area (Å²) in [6, 6.07) is 0. The SMILES string of the molecule is CCC(CC)(CC)NS(=O)(=O)c1c(CNC)n[nH]c1C. The summed E-state index contributed by atoms with van der Waals surface area (Å²) in [5, 5.41) is 9.77. The molecule has 6 nitrogen and oxygen atoms in total. The molecule has 0 unspecified atom stereocenters. The molecule has 1 aromatic rings. The van der Waals surface area contributed by atoms with Crippen molar-refractivity contribution < 1.29 is 8.42 Å². The maximum absolute atomic E-state index is 12.7. The second-order valence-corrected chi connectivity index (χ2v) is 6.72. The van der Waals surface area contributed by atoms with Crippen LogP contribution in [0.5, 0.6) is 0 Å². The number of rotatable bonds is 8. The van der Waals surface area contributed by atoms with Crippen LogP contribution in [-0.4, -0.2) is 31.2 Å². The van der Waals surface area contributed by atoms with E-state index < -0.39 is 10.0 Å². The minimum Gasteiger partial charge on any atom is -0.314 e. The van der Waals surface area contributed by atoms with Gasteiger partial charge in [-0.2, -0.15) is 5.10 Å². The molecule has 1 rings (SSSR count). The van der Waals surface area contributed by atoms with Crippen molar-refractivity contribution in [1.29, 1.82) is 0 Å². The quantitative estimate of drug-likeness (QED) is 0.682. The molecule has 3 N–H and O–H groups in total. The lowest BCUT2D eigenvalue weighted by Gasteiger charge is -2.31. The van der Waals surface area contributed by atoms with Gasteiger partial charge >= 0.3 is 0 Å². The van der Waals surface area contributed by atoms with E-state index in [0.29, 0.717) is 17.9 Å². The van der Waals surface area contributed by atoms with Crippen molar-refractivity contribution in [1.82, 2.24) is 20.2 Å². The highest BCUT2D eigenvalue weighted by molar-refractivity contribution is 7.89. The fraction of sp³-hybridized carbons (Fsp3) is 0.769. The van der Waals surface area contributed by atoms with Gasteiger partial charge < -0.3 is 5.32 Å². The Bertz CT molecular complexity index is 524. The standard InChI is InChI=1S/C13H26N4O2S/c1-6-13(7-2,8-3)17-20(18,19)12-10(4)15-16-11(12)9-14-5/h14,17H,6-9H2,1-5H3,(H,15,16). The Labute approximate surface area is 121 Å². The van der Waals surface area contributed by atoms with Gasteiger partial charge in [0, 0.05) is 12.1 Å². The largest absolute Gasteiger partial charge is 0.314 e. The molecule has 0 aliphatic rings. The van der Waals surface area contributed by atoms with Gasteiger partial charge in [-0.15, -0.1) is 0 Å². The van der Waals surface area contributed by atoms with Crippen LogP contribution in [0, 0.1) is 6.92 Å². The zero-order chi connectivity index (χ0) is 15.4. The number of H-pyrrole nitrogens is 1. The molecule has 1 heterocycles. The highest BCUT2D eigenvalue weighted by Gasteiger charge is 2.33. The maximum atomic E-state index is 12.7. The molecule has 0 amide bonds. The van der Waals surface area contributed by atoms with Gasteiger partial charge in [0.1, 0.15) is 4.90 Å². The van der Waals surface area contributed by atoms with Gasteiger partial charge in [0.15, 0.2) is 0 Å². The Morgan fingerprint density at radius 2 is 1.75 bits per heavy atom. The van der Waals surface area contributed by atoms with Crippen LogP contribution in [0.3, 0.4) is 0 Å². The molecule has 0 saturated carbocycles. The third-order valence-electron chi connectivity index (χ3n) is 3.96. The van der Waals surface area contributed by atoms with Crippen molar-refractivity contribution in [2.45, 2.75) is 63.9 Å². The topological polar surface area (TPSA) is 86.9 Å². The molecule has 0 fully saturated rings. The van der Waals surface area contributed by atoms with Gasteiger partial charge in [0.2, 0.25) is 10.0 Å².